The van der Waals surface area contributed by atoms with E-state index in [1.807, 2.05) is 0 Å². The lowest BCUT2D eigenvalue weighted by molar-refractivity contribution is -0.137. The molecule has 0 fully saturated rings. The van der Waals surface area contributed by atoms with E-state index in [9.17, 15) is 18.0 Å². The summed E-state index contributed by atoms with van der Waals surface area (Å²) < 4.78 is 23.2. The second-order valence-electron chi connectivity index (χ2n) is 3.83. The molecule has 0 spiro atoms. The third kappa shape index (κ3) is 6.87. The number of nitrogens with zero attached hydrogens (tertiary/aromatic N) is 1. The number of carboxylic acids is 1. The third-order valence-electron chi connectivity index (χ3n) is 2.13. The molecule has 0 aliphatic rings. The summed E-state index contributed by atoms with van der Waals surface area (Å²) in [6.45, 7) is 0. The number of nitrogens with one attached hydrogen (secondary N) is 1. The summed E-state index contributed by atoms with van der Waals surface area (Å²) in [7, 11) is -3.51. The molecule has 19 heavy (non-hydrogen) atoms. The Labute approximate surface area is 114 Å². The largest absolute Gasteiger partial charge is 0.481 e. The summed E-state index contributed by atoms with van der Waals surface area (Å²) in [5.74, 6) is -2.39. The summed E-state index contributed by atoms with van der Waals surface area (Å²) >= 11 is 1.20. The number of anilines is 1. The van der Waals surface area contributed by atoms with Crippen LogP contribution in [0.1, 0.15) is 19.3 Å². The van der Waals surface area contributed by atoms with E-state index in [0.29, 0.717) is 5.13 Å². The van der Waals surface area contributed by atoms with Crippen LogP contribution in [0.4, 0.5) is 5.13 Å². The Morgan fingerprint density at radius 1 is 1.37 bits per heavy atom. The number of amides is 1. The molecule has 2 N–H and O–H groups in total. The quantitative estimate of drug-likeness (QED) is 0.685. The van der Waals surface area contributed by atoms with E-state index in [2.05, 4.69) is 10.3 Å². The highest BCUT2D eigenvalue weighted by Crippen LogP contribution is 2.10. The minimum atomic E-state index is -3.51. The van der Waals surface area contributed by atoms with Crippen molar-refractivity contribution in [2.45, 2.75) is 19.3 Å². The predicted molar refractivity (Wildman–Crippen MR) is 70.9 cm³/mol. The Morgan fingerprint density at radius 3 is 2.68 bits per heavy atom. The van der Waals surface area contributed by atoms with Crippen LogP contribution in [0.2, 0.25) is 0 Å². The number of rotatable bonds is 8. The van der Waals surface area contributed by atoms with Gasteiger partial charge < -0.3 is 10.4 Å². The van der Waals surface area contributed by atoms with Crippen molar-refractivity contribution in [1.82, 2.24) is 4.98 Å². The van der Waals surface area contributed by atoms with E-state index in [4.69, 9.17) is 5.11 Å². The Balaban J connectivity index is 2.33. The second kappa shape index (κ2) is 7.19. The molecule has 0 aromatic carbocycles. The van der Waals surface area contributed by atoms with Gasteiger partial charge in [0.15, 0.2) is 15.0 Å². The van der Waals surface area contributed by atoms with Crippen molar-refractivity contribution in [3.63, 3.8) is 0 Å². The molecule has 0 saturated heterocycles. The van der Waals surface area contributed by atoms with E-state index >= 15 is 0 Å². The summed E-state index contributed by atoms with van der Waals surface area (Å²) in [6.07, 6.45) is 1.95. The summed E-state index contributed by atoms with van der Waals surface area (Å²) in [6, 6.07) is 0. The van der Waals surface area contributed by atoms with E-state index in [0.717, 1.165) is 0 Å². The van der Waals surface area contributed by atoms with Crippen LogP contribution in [-0.4, -0.2) is 41.9 Å². The maximum atomic E-state index is 11.6. The minimum absolute atomic E-state index is 0.0686. The van der Waals surface area contributed by atoms with Crippen LogP contribution in [0.3, 0.4) is 0 Å². The zero-order chi connectivity index (χ0) is 14.3. The standard InChI is InChI=1S/C10H14N2O5S2/c13-8(12-10-11-4-5-18-10)7-19(16,17)6-2-1-3-9(14)15/h4-5H,1-3,6-7H2,(H,14,15)(H,11,12,13). The van der Waals surface area contributed by atoms with Gasteiger partial charge in [0.1, 0.15) is 5.75 Å². The van der Waals surface area contributed by atoms with Crippen LogP contribution in [-0.2, 0) is 19.4 Å². The lowest BCUT2D eigenvalue weighted by Crippen LogP contribution is -2.24. The molecule has 1 amide bonds. The highest BCUT2D eigenvalue weighted by molar-refractivity contribution is 7.92. The number of carboxylic acid groups (broad SMARTS) is 1. The number of hydrogen-bond donors (Lipinski definition) is 2. The van der Waals surface area contributed by atoms with Crippen LogP contribution in [0.5, 0.6) is 0 Å². The number of aromatic nitrogens is 1. The first kappa shape index (κ1) is 15.6. The van der Waals surface area contributed by atoms with Crippen LogP contribution in [0.15, 0.2) is 11.6 Å². The molecule has 0 bridgehead atoms. The lowest BCUT2D eigenvalue weighted by Gasteiger charge is -2.03. The van der Waals surface area contributed by atoms with Crippen LogP contribution >= 0.6 is 11.3 Å². The van der Waals surface area contributed by atoms with Crippen molar-refractivity contribution >= 4 is 38.2 Å². The molecule has 1 aromatic rings. The highest BCUT2D eigenvalue weighted by Gasteiger charge is 2.17. The van der Waals surface area contributed by atoms with Gasteiger partial charge in [-0.25, -0.2) is 13.4 Å². The molecule has 1 aromatic heterocycles. The van der Waals surface area contributed by atoms with E-state index < -0.39 is 27.5 Å². The maximum Gasteiger partial charge on any atom is 0.303 e. The molecule has 0 aliphatic carbocycles. The fourth-order valence-corrected chi connectivity index (χ4v) is 3.12. The zero-order valence-electron chi connectivity index (χ0n) is 10.0. The summed E-state index contributed by atoms with van der Waals surface area (Å²) in [4.78, 5) is 25.5. The number of carbonyl (C=O) groups is 2. The molecule has 7 nitrogen and oxygen atoms in total. The smallest absolute Gasteiger partial charge is 0.303 e. The number of thiazole rings is 1. The van der Waals surface area contributed by atoms with Crippen LogP contribution in [0.25, 0.3) is 0 Å². The third-order valence-corrected chi connectivity index (χ3v) is 4.43. The molecule has 0 radical (unpaired) electrons. The van der Waals surface area contributed by atoms with Gasteiger partial charge in [-0.15, -0.1) is 11.3 Å². The van der Waals surface area contributed by atoms with E-state index in [1.165, 1.54) is 17.5 Å². The fourth-order valence-electron chi connectivity index (χ4n) is 1.31. The number of sulfone groups is 1. The first-order valence-electron chi connectivity index (χ1n) is 5.50. The molecule has 9 heteroatoms. The molecule has 0 atom stereocenters. The monoisotopic (exact) mass is 306 g/mol. The molecule has 1 heterocycles. The van der Waals surface area contributed by atoms with Gasteiger partial charge in [0.2, 0.25) is 5.91 Å². The molecule has 0 unspecified atom stereocenters. The van der Waals surface area contributed by atoms with Crippen molar-refractivity contribution in [3.8, 4) is 0 Å². The number of carbonyl (C=O) groups excluding carboxylic acids is 1. The number of hydrogen-bond acceptors (Lipinski definition) is 6. The second-order valence-corrected chi connectivity index (χ2v) is 6.91. The van der Waals surface area contributed by atoms with Crippen molar-refractivity contribution in [2.24, 2.45) is 0 Å². The van der Waals surface area contributed by atoms with E-state index in [-0.39, 0.29) is 25.0 Å². The molecular weight excluding hydrogens is 292 g/mol. The number of unbranched alkanes of at least 4 members (excludes halogenated alkanes) is 1. The molecule has 0 saturated carbocycles. The average Bonchev–Trinajstić information content (AvgIpc) is 2.76. The van der Waals surface area contributed by atoms with Crippen LogP contribution < -0.4 is 5.32 Å². The van der Waals surface area contributed by atoms with Gasteiger partial charge in [0.25, 0.3) is 0 Å². The molecule has 1 rings (SSSR count). The van der Waals surface area contributed by atoms with Gasteiger partial charge in [-0.1, -0.05) is 0 Å². The van der Waals surface area contributed by atoms with Crippen LogP contribution in [0, 0.1) is 0 Å². The van der Waals surface area contributed by atoms with Crippen molar-refractivity contribution < 1.29 is 23.1 Å². The van der Waals surface area contributed by atoms with Gasteiger partial charge >= 0.3 is 5.97 Å². The van der Waals surface area contributed by atoms with Gasteiger partial charge in [0.05, 0.1) is 5.75 Å². The average molecular weight is 306 g/mol. The van der Waals surface area contributed by atoms with Gasteiger partial charge in [-0.05, 0) is 12.8 Å². The molecular formula is C10H14N2O5S2. The van der Waals surface area contributed by atoms with Gasteiger partial charge in [-0.3, -0.25) is 9.59 Å². The highest BCUT2D eigenvalue weighted by atomic mass is 32.2. The normalized spacial score (nSPS) is 11.2. The fraction of sp³-hybridized carbons (Fsp3) is 0.500. The lowest BCUT2D eigenvalue weighted by atomic mass is 10.3. The Morgan fingerprint density at radius 2 is 2.11 bits per heavy atom. The first-order valence-corrected chi connectivity index (χ1v) is 8.21. The topological polar surface area (TPSA) is 113 Å². The zero-order valence-corrected chi connectivity index (χ0v) is 11.7. The minimum Gasteiger partial charge on any atom is -0.481 e. The number of aliphatic carboxylic acids is 1. The Bertz CT molecular complexity index is 524. The Hall–Kier alpha value is -1.48. The van der Waals surface area contributed by atoms with Gasteiger partial charge in [0, 0.05) is 18.0 Å². The first-order chi connectivity index (χ1) is 8.89. The van der Waals surface area contributed by atoms with Gasteiger partial charge in [-0.2, -0.15) is 0 Å². The van der Waals surface area contributed by atoms with E-state index in [1.54, 1.807) is 5.38 Å². The summed E-state index contributed by atoms with van der Waals surface area (Å²) in [5.41, 5.74) is 0. The maximum absolute atomic E-state index is 11.6. The SMILES string of the molecule is O=C(O)CCCCS(=O)(=O)CC(=O)Nc1nccs1. The molecule has 106 valence electrons. The van der Waals surface area contributed by atoms with Crippen molar-refractivity contribution in [1.29, 1.82) is 0 Å². The predicted octanol–water partition coefficient (Wildman–Crippen LogP) is 0.751. The molecule has 0 aliphatic heterocycles. The van der Waals surface area contributed by atoms with Crippen molar-refractivity contribution in [2.75, 3.05) is 16.8 Å². The van der Waals surface area contributed by atoms with Crippen molar-refractivity contribution in [3.05, 3.63) is 11.6 Å². The Kier molecular flexibility index (Phi) is 5.90. The summed E-state index contributed by atoms with van der Waals surface area (Å²) in [5, 5.41) is 12.8.